The van der Waals surface area contributed by atoms with Crippen LogP contribution in [0.1, 0.15) is 64.7 Å². The van der Waals surface area contributed by atoms with Crippen LogP contribution in [0.5, 0.6) is 0 Å². The first-order chi connectivity index (χ1) is 8.27. The average Bonchev–Trinajstić information content (AvgIpc) is 2.27. The number of rotatable bonds is 4. The van der Waals surface area contributed by atoms with Gasteiger partial charge in [-0.1, -0.05) is 45.4 Å². The molecule has 0 bridgehead atoms. The van der Waals surface area contributed by atoms with E-state index in [0.29, 0.717) is 0 Å². The maximum Gasteiger partial charge on any atom is 0.224 e. The Balaban J connectivity index is 2.41. The summed E-state index contributed by atoms with van der Waals surface area (Å²) < 4.78 is 0. The molecule has 1 unspecified atom stereocenters. The first kappa shape index (κ1) is 14.0. The highest BCUT2D eigenvalue weighted by Gasteiger charge is 2.21. The van der Waals surface area contributed by atoms with Crippen molar-refractivity contribution in [1.29, 1.82) is 5.26 Å². The van der Waals surface area contributed by atoms with Crippen molar-refractivity contribution in [1.82, 2.24) is 5.32 Å². The molecule has 0 heterocycles. The van der Waals surface area contributed by atoms with Gasteiger partial charge in [-0.15, -0.1) is 0 Å². The predicted molar refractivity (Wildman–Crippen MR) is 68.3 cm³/mol. The van der Waals surface area contributed by atoms with Gasteiger partial charge in [0, 0.05) is 5.92 Å². The molecule has 0 radical (unpaired) electrons. The lowest BCUT2D eigenvalue weighted by atomic mass is 9.90. The molecule has 0 aromatic carbocycles. The van der Waals surface area contributed by atoms with Gasteiger partial charge in [-0.25, -0.2) is 0 Å². The fraction of sp³-hybridized carbons (Fsp3) is 0.857. The number of nitrogens with zero attached hydrogens (tertiary/aromatic N) is 1. The van der Waals surface area contributed by atoms with E-state index in [1.54, 1.807) is 0 Å². The third-order valence-electron chi connectivity index (χ3n) is 3.53. The molecule has 1 aliphatic rings. The molecule has 0 aromatic rings. The van der Waals surface area contributed by atoms with Crippen LogP contribution < -0.4 is 5.32 Å². The predicted octanol–water partition coefficient (Wildman–Crippen LogP) is 3.16. The summed E-state index contributed by atoms with van der Waals surface area (Å²) in [6.07, 6.45) is 9.81. The molecule has 0 aromatic heterocycles. The Kier molecular flexibility index (Phi) is 6.69. The third-order valence-corrected chi connectivity index (χ3v) is 3.53. The smallest absolute Gasteiger partial charge is 0.224 e. The topological polar surface area (TPSA) is 52.9 Å². The van der Waals surface area contributed by atoms with Gasteiger partial charge in [-0.3, -0.25) is 4.79 Å². The number of amides is 1. The van der Waals surface area contributed by atoms with Crippen LogP contribution in [-0.4, -0.2) is 11.9 Å². The Hall–Kier alpha value is -1.04. The van der Waals surface area contributed by atoms with E-state index < -0.39 is 0 Å². The fourth-order valence-electron chi connectivity index (χ4n) is 2.47. The lowest BCUT2D eigenvalue weighted by Crippen LogP contribution is -2.38. The molecule has 0 spiro atoms. The molecule has 1 aliphatic carbocycles. The monoisotopic (exact) mass is 236 g/mol. The lowest BCUT2D eigenvalue weighted by Gasteiger charge is -2.20. The Labute approximate surface area is 105 Å². The molecular weight excluding hydrogens is 212 g/mol. The largest absolute Gasteiger partial charge is 0.340 e. The number of nitrogens with one attached hydrogen (secondary N) is 1. The third kappa shape index (κ3) is 5.21. The molecule has 17 heavy (non-hydrogen) atoms. The van der Waals surface area contributed by atoms with Crippen molar-refractivity contribution in [3.8, 4) is 6.07 Å². The summed E-state index contributed by atoms with van der Waals surface area (Å²) in [5, 5.41) is 11.8. The number of carbonyl (C=O) groups is 1. The first-order valence-corrected chi connectivity index (χ1v) is 6.98. The Morgan fingerprint density at radius 3 is 2.41 bits per heavy atom. The molecule has 96 valence electrons. The summed E-state index contributed by atoms with van der Waals surface area (Å²) in [6, 6.07) is 1.88. The minimum absolute atomic E-state index is 0.104. The maximum atomic E-state index is 12.0. The summed E-state index contributed by atoms with van der Waals surface area (Å²) in [5.41, 5.74) is 0. The standard InChI is InChI=1S/C14H24N2O/c1-2-8-13(11-15)16-14(17)12-9-6-4-3-5-7-10-12/h12-13H,2-10H2,1H3,(H,16,17). The van der Waals surface area contributed by atoms with Gasteiger partial charge < -0.3 is 5.32 Å². The zero-order chi connectivity index (χ0) is 12.5. The van der Waals surface area contributed by atoms with Crippen molar-refractivity contribution in [3.05, 3.63) is 0 Å². The van der Waals surface area contributed by atoms with Crippen molar-refractivity contribution in [2.75, 3.05) is 0 Å². The normalized spacial score (nSPS) is 19.8. The van der Waals surface area contributed by atoms with E-state index in [2.05, 4.69) is 11.4 Å². The van der Waals surface area contributed by atoms with Crippen LogP contribution in [0.25, 0.3) is 0 Å². The van der Waals surface area contributed by atoms with Crippen LogP contribution in [0.3, 0.4) is 0 Å². The molecule has 1 saturated carbocycles. The minimum Gasteiger partial charge on any atom is -0.340 e. The minimum atomic E-state index is -0.294. The number of hydrogen-bond acceptors (Lipinski definition) is 2. The van der Waals surface area contributed by atoms with Crippen molar-refractivity contribution < 1.29 is 4.79 Å². The van der Waals surface area contributed by atoms with Gasteiger partial charge in [0.2, 0.25) is 5.91 Å². The Bertz CT molecular complexity index is 262. The summed E-state index contributed by atoms with van der Waals surface area (Å²) in [4.78, 5) is 12.0. The first-order valence-electron chi connectivity index (χ1n) is 6.98. The van der Waals surface area contributed by atoms with Crippen molar-refractivity contribution in [2.24, 2.45) is 5.92 Å². The molecule has 3 heteroatoms. The Morgan fingerprint density at radius 2 is 1.88 bits per heavy atom. The van der Waals surface area contributed by atoms with Crippen LogP contribution in [0, 0.1) is 17.2 Å². The quantitative estimate of drug-likeness (QED) is 0.815. The van der Waals surface area contributed by atoms with E-state index >= 15 is 0 Å². The second-order valence-corrected chi connectivity index (χ2v) is 5.02. The Morgan fingerprint density at radius 1 is 1.29 bits per heavy atom. The molecule has 1 N–H and O–H groups in total. The second-order valence-electron chi connectivity index (χ2n) is 5.02. The van der Waals surface area contributed by atoms with Gasteiger partial charge in [0.15, 0.2) is 0 Å². The fourth-order valence-corrected chi connectivity index (χ4v) is 2.47. The summed E-state index contributed by atoms with van der Waals surface area (Å²) in [5.74, 6) is 0.245. The van der Waals surface area contributed by atoms with Crippen molar-refractivity contribution in [2.45, 2.75) is 70.8 Å². The van der Waals surface area contributed by atoms with Gasteiger partial charge in [0.25, 0.3) is 0 Å². The van der Waals surface area contributed by atoms with Crippen LogP contribution in [0.2, 0.25) is 0 Å². The summed E-state index contributed by atoms with van der Waals surface area (Å²) >= 11 is 0. The molecule has 1 amide bonds. The van der Waals surface area contributed by atoms with Gasteiger partial charge in [-0.05, 0) is 19.3 Å². The van der Waals surface area contributed by atoms with E-state index in [0.717, 1.165) is 38.5 Å². The van der Waals surface area contributed by atoms with Crippen LogP contribution in [-0.2, 0) is 4.79 Å². The summed E-state index contributed by atoms with van der Waals surface area (Å²) in [7, 11) is 0. The van der Waals surface area contributed by atoms with Gasteiger partial charge >= 0.3 is 0 Å². The van der Waals surface area contributed by atoms with E-state index in [1.807, 2.05) is 6.92 Å². The highest BCUT2D eigenvalue weighted by Crippen LogP contribution is 2.22. The van der Waals surface area contributed by atoms with Crippen LogP contribution in [0.4, 0.5) is 0 Å². The van der Waals surface area contributed by atoms with Crippen LogP contribution in [0.15, 0.2) is 0 Å². The van der Waals surface area contributed by atoms with Gasteiger partial charge in [-0.2, -0.15) is 5.26 Å². The lowest BCUT2D eigenvalue weighted by molar-refractivity contribution is -0.126. The van der Waals surface area contributed by atoms with E-state index in [-0.39, 0.29) is 17.9 Å². The van der Waals surface area contributed by atoms with E-state index in [4.69, 9.17) is 5.26 Å². The zero-order valence-electron chi connectivity index (χ0n) is 10.9. The number of hydrogen-bond donors (Lipinski definition) is 1. The molecule has 1 atom stereocenters. The highest BCUT2D eigenvalue weighted by molar-refractivity contribution is 5.79. The SMILES string of the molecule is CCCC(C#N)NC(=O)C1CCCCCCC1. The second kappa shape index (κ2) is 8.11. The molecular formula is C14H24N2O. The van der Waals surface area contributed by atoms with Crippen LogP contribution >= 0.6 is 0 Å². The number of nitriles is 1. The zero-order valence-corrected chi connectivity index (χ0v) is 10.9. The highest BCUT2D eigenvalue weighted by atomic mass is 16.1. The van der Waals surface area contributed by atoms with E-state index in [1.165, 1.54) is 19.3 Å². The van der Waals surface area contributed by atoms with Crippen molar-refractivity contribution in [3.63, 3.8) is 0 Å². The number of carbonyl (C=O) groups excluding carboxylic acids is 1. The summed E-state index contributed by atoms with van der Waals surface area (Å²) in [6.45, 7) is 2.03. The van der Waals surface area contributed by atoms with Gasteiger partial charge in [0.05, 0.1) is 6.07 Å². The molecule has 0 aliphatic heterocycles. The molecule has 1 fully saturated rings. The molecule has 3 nitrogen and oxygen atoms in total. The maximum absolute atomic E-state index is 12.0. The average molecular weight is 236 g/mol. The molecule has 1 rings (SSSR count). The molecule has 0 saturated heterocycles. The van der Waals surface area contributed by atoms with E-state index in [9.17, 15) is 4.79 Å². The van der Waals surface area contributed by atoms with Gasteiger partial charge in [0.1, 0.15) is 6.04 Å². The van der Waals surface area contributed by atoms with Crippen molar-refractivity contribution >= 4 is 5.91 Å².